The number of aromatic nitrogens is 2. The third-order valence-corrected chi connectivity index (χ3v) is 2.16. The molecule has 0 radical (unpaired) electrons. The summed E-state index contributed by atoms with van der Waals surface area (Å²) in [6.45, 7) is 0. The average molecular weight is 410 g/mol. The first-order chi connectivity index (χ1) is 7.72. The molecule has 1 aromatic heterocycles. The molecule has 0 unspecified atom stereocenters. The molecule has 1 aromatic carbocycles. The van der Waals surface area contributed by atoms with Gasteiger partial charge < -0.3 is 33.3 Å². The van der Waals surface area contributed by atoms with Gasteiger partial charge in [0.1, 0.15) is 5.75 Å². The SMILES string of the molecule is COc1cc([N+](=O)[O-])ccc1-n1ccnc1.[Cu+].[I-]. The van der Waals surface area contributed by atoms with Gasteiger partial charge in [0.15, 0.2) is 0 Å². The van der Waals surface area contributed by atoms with Gasteiger partial charge in [-0.2, -0.15) is 0 Å². The molecule has 18 heavy (non-hydrogen) atoms. The van der Waals surface area contributed by atoms with E-state index in [2.05, 4.69) is 4.98 Å². The first kappa shape index (κ1) is 16.9. The van der Waals surface area contributed by atoms with Crippen molar-refractivity contribution in [1.29, 1.82) is 0 Å². The summed E-state index contributed by atoms with van der Waals surface area (Å²) in [6, 6.07) is 4.44. The first-order valence-electron chi connectivity index (χ1n) is 4.53. The zero-order valence-electron chi connectivity index (χ0n) is 9.21. The number of rotatable bonds is 3. The summed E-state index contributed by atoms with van der Waals surface area (Å²) in [6.07, 6.45) is 4.97. The minimum atomic E-state index is -0.458. The maximum Gasteiger partial charge on any atom is 1.00 e. The molecule has 0 atom stereocenters. The summed E-state index contributed by atoms with van der Waals surface area (Å²) in [7, 11) is 1.47. The van der Waals surface area contributed by atoms with Crippen LogP contribution in [-0.4, -0.2) is 21.6 Å². The van der Waals surface area contributed by atoms with Crippen molar-refractivity contribution < 1.29 is 50.7 Å². The molecule has 0 bridgehead atoms. The Morgan fingerprint density at radius 1 is 1.44 bits per heavy atom. The number of nitrogens with zero attached hydrogens (tertiary/aromatic N) is 3. The predicted octanol–water partition coefficient (Wildman–Crippen LogP) is -1.21. The third-order valence-electron chi connectivity index (χ3n) is 2.16. The van der Waals surface area contributed by atoms with Crippen molar-refractivity contribution >= 4 is 5.69 Å². The number of imidazole rings is 1. The number of methoxy groups -OCH3 is 1. The Hall–Kier alpha value is -1.12. The van der Waals surface area contributed by atoms with Crippen LogP contribution >= 0.6 is 0 Å². The van der Waals surface area contributed by atoms with E-state index in [9.17, 15) is 10.1 Å². The van der Waals surface area contributed by atoms with Crippen molar-refractivity contribution in [3.63, 3.8) is 0 Å². The van der Waals surface area contributed by atoms with Crippen molar-refractivity contribution in [2.24, 2.45) is 0 Å². The minimum absolute atomic E-state index is 0. The summed E-state index contributed by atoms with van der Waals surface area (Å²) in [4.78, 5) is 14.0. The molecular weight excluding hydrogens is 401 g/mol. The number of benzene rings is 1. The molecule has 1 heterocycles. The quantitative estimate of drug-likeness (QED) is 0.276. The molecule has 2 aromatic rings. The number of hydrogen-bond donors (Lipinski definition) is 0. The number of ether oxygens (including phenoxy) is 1. The number of halogens is 1. The predicted molar refractivity (Wildman–Crippen MR) is 56.8 cm³/mol. The van der Waals surface area contributed by atoms with Gasteiger partial charge in [0.2, 0.25) is 0 Å². The van der Waals surface area contributed by atoms with Gasteiger partial charge in [-0.15, -0.1) is 0 Å². The summed E-state index contributed by atoms with van der Waals surface area (Å²) in [5.74, 6) is 0.437. The molecule has 0 saturated carbocycles. The monoisotopic (exact) mass is 409 g/mol. The molecule has 0 amide bonds. The van der Waals surface area contributed by atoms with Crippen molar-refractivity contribution in [3.8, 4) is 11.4 Å². The van der Waals surface area contributed by atoms with Gasteiger partial charge in [-0.25, -0.2) is 4.98 Å². The van der Waals surface area contributed by atoms with E-state index >= 15 is 0 Å². The summed E-state index contributed by atoms with van der Waals surface area (Å²) in [5.41, 5.74) is 0.714. The number of nitro groups is 1. The third kappa shape index (κ3) is 3.44. The topological polar surface area (TPSA) is 70.2 Å². The van der Waals surface area contributed by atoms with Gasteiger partial charge in [0, 0.05) is 18.5 Å². The fourth-order valence-corrected chi connectivity index (χ4v) is 1.39. The van der Waals surface area contributed by atoms with Gasteiger partial charge in [0.25, 0.3) is 5.69 Å². The Morgan fingerprint density at radius 3 is 2.67 bits per heavy atom. The summed E-state index contributed by atoms with van der Waals surface area (Å²) >= 11 is 0. The molecule has 0 aliphatic carbocycles. The van der Waals surface area contributed by atoms with Crippen LogP contribution in [0.15, 0.2) is 36.9 Å². The van der Waals surface area contributed by atoms with Crippen molar-refractivity contribution in [2.75, 3.05) is 7.11 Å². The van der Waals surface area contributed by atoms with E-state index in [0.29, 0.717) is 11.4 Å². The van der Waals surface area contributed by atoms with E-state index < -0.39 is 4.92 Å². The van der Waals surface area contributed by atoms with E-state index in [1.54, 1.807) is 29.4 Å². The zero-order chi connectivity index (χ0) is 11.5. The second-order valence-electron chi connectivity index (χ2n) is 3.08. The average Bonchev–Trinajstić information content (AvgIpc) is 2.81. The smallest absolute Gasteiger partial charge is 1.00 e. The fraction of sp³-hybridized carbons (Fsp3) is 0.100. The fourth-order valence-electron chi connectivity index (χ4n) is 1.39. The van der Waals surface area contributed by atoms with E-state index in [0.717, 1.165) is 0 Å². The van der Waals surface area contributed by atoms with E-state index in [1.165, 1.54) is 19.2 Å². The van der Waals surface area contributed by atoms with Gasteiger partial charge in [-0.05, 0) is 6.07 Å². The van der Waals surface area contributed by atoms with E-state index in [-0.39, 0.29) is 46.7 Å². The first-order valence-corrected chi connectivity index (χ1v) is 4.53. The van der Waals surface area contributed by atoms with Crippen molar-refractivity contribution in [2.45, 2.75) is 0 Å². The molecule has 8 heteroatoms. The molecule has 100 valence electrons. The van der Waals surface area contributed by atoms with Crippen LogP contribution in [0, 0.1) is 10.1 Å². The van der Waals surface area contributed by atoms with Gasteiger partial charge in [0.05, 0.1) is 30.1 Å². The number of hydrogen-bond acceptors (Lipinski definition) is 4. The van der Waals surface area contributed by atoms with Crippen LogP contribution < -0.4 is 28.7 Å². The maximum atomic E-state index is 10.6. The standard InChI is InChI=1S/C10H9N3O3.Cu.HI/c1-16-10-6-8(13(14)15)2-3-9(10)12-5-4-11-7-12;;/h2-7H,1H3;;1H/q;+1;/p-1. The molecule has 2 rings (SSSR count). The largest absolute Gasteiger partial charge is 1.00 e. The van der Waals surface area contributed by atoms with E-state index in [4.69, 9.17) is 4.74 Å². The Balaban J connectivity index is 0.00000144. The second-order valence-corrected chi connectivity index (χ2v) is 3.08. The molecule has 0 saturated heterocycles. The maximum absolute atomic E-state index is 10.6. The van der Waals surface area contributed by atoms with Crippen LogP contribution in [0.4, 0.5) is 5.69 Å². The Kier molecular flexibility index (Phi) is 6.89. The van der Waals surface area contributed by atoms with Crippen LogP contribution in [0.3, 0.4) is 0 Å². The van der Waals surface area contributed by atoms with Crippen molar-refractivity contribution in [3.05, 3.63) is 47.0 Å². The summed E-state index contributed by atoms with van der Waals surface area (Å²) < 4.78 is 6.83. The van der Waals surface area contributed by atoms with Crippen LogP contribution in [0.25, 0.3) is 5.69 Å². The van der Waals surface area contributed by atoms with Crippen molar-refractivity contribution in [1.82, 2.24) is 9.55 Å². The van der Waals surface area contributed by atoms with Gasteiger partial charge in [-0.3, -0.25) is 10.1 Å². The molecular formula is C10H9CuIN3O3. The molecule has 0 aliphatic rings. The number of nitro benzene ring substituents is 1. The van der Waals surface area contributed by atoms with Crippen LogP contribution in [-0.2, 0) is 17.1 Å². The molecule has 0 fully saturated rings. The summed E-state index contributed by atoms with van der Waals surface area (Å²) in [5, 5.41) is 10.6. The second kappa shape index (κ2) is 7.34. The van der Waals surface area contributed by atoms with Crippen LogP contribution in [0.2, 0.25) is 0 Å². The molecule has 0 N–H and O–H groups in total. The van der Waals surface area contributed by atoms with E-state index in [1.807, 2.05) is 0 Å². The Bertz CT molecular complexity index is 519. The molecule has 0 aliphatic heterocycles. The zero-order valence-corrected chi connectivity index (χ0v) is 12.3. The van der Waals surface area contributed by atoms with Gasteiger partial charge >= 0.3 is 17.1 Å². The van der Waals surface area contributed by atoms with Crippen LogP contribution in [0.5, 0.6) is 5.75 Å². The minimum Gasteiger partial charge on any atom is -1.00 e. The van der Waals surface area contributed by atoms with Crippen LogP contribution in [0.1, 0.15) is 0 Å². The Labute approximate surface area is 131 Å². The molecule has 0 spiro atoms. The van der Waals surface area contributed by atoms with Gasteiger partial charge in [-0.1, -0.05) is 0 Å². The molecule has 6 nitrogen and oxygen atoms in total. The Morgan fingerprint density at radius 2 is 2.17 bits per heavy atom. The normalized spacial score (nSPS) is 8.94. The number of non-ortho nitro benzene ring substituents is 1.